The topological polar surface area (TPSA) is 75.4 Å². The molecule has 0 aliphatic carbocycles. The van der Waals surface area contributed by atoms with E-state index in [9.17, 15) is 8.42 Å². The minimum atomic E-state index is -4.34. The van der Waals surface area contributed by atoms with Crippen molar-refractivity contribution in [1.29, 1.82) is 0 Å². The van der Waals surface area contributed by atoms with E-state index >= 15 is 4.48 Å². The lowest BCUT2D eigenvalue weighted by Gasteiger charge is -2.17. The molecule has 1 atom stereocenters. The molecule has 0 bridgehead atoms. The summed E-state index contributed by atoms with van der Waals surface area (Å²) in [6.45, 7) is 3.81. The number of halogens is 1. The highest BCUT2D eigenvalue weighted by atomic mass is 32.2. The number of benzene rings is 2. The van der Waals surface area contributed by atoms with Gasteiger partial charge in [-0.25, -0.2) is 4.98 Å². The zero-order valence-corrected chi connectivity index (χ0v) is 17.2. The van der Waals surface area contributed by atoms with Crippen LogP contribution in [0.25, 0.3) is 10.9 Å². The molecule has 0 radical (unpaired) electrons. The summed E-state index contributed by atoms with van der Waals surface area (Å²) in [6.07, 6.45) is 0. The monoisotopic (exact) mass is 425 g/mol. The quantitative estimate of drug-likeness (QED) is 0.419. The SMILES string of the molecule is Cc1ccc(C(C)Nc2ccc3c(N(F)S(=O)(=O)c4ccccc4)cccc3n2)o1. The van der Waals surface area contributed by atoms with Crippen LogP contribution >= 0.6 is 0 Å². The molecule has 1 N–H and O–H groups in total. The Bertz CT molecular complexity index is 1290. The highest BCUT2D eigenvalue weighted by Gasteiger charge is 2.26. The van der Waals surface area contributed by atoms with E-state index in [-0.39, 0.29) is 21.2 Å². The number of fused-ring (bicyclic) bond motifs is 1. The lowest BCUT2D eigenvalue weighted by atomic mass is 10.2. The summed E-state index contributed by atoms with van der Waals surface area (Å²) in [5.74, 6) is 2.15. The van der Waals surface area contributed by atoms with Crippen LogP contribution < -0.4 is 9.84 Å². The van der Waals surface area contributed by atoms with Crippen LogP contribution in [-0.2, 0) is 10.0 Å². The van der Waals surface area contributed by atoms with Crippen molar-refractivity contribution in [2.75, 3.05) is 9.84 Å². The third kappa shape index (κ3) is 3.73. The van der Waals surface area contributed by atoms with Crippen LogP contribution in [0.5, 0.6) is 0 Å². The number of sulfonamides is 1. The zero-order valence-electron chi connectivity index (χ0n) is 16.4. The minimum absolute atomic E-state index is 0.0925. The maximum Gasteiger partial charge on any atom is 0.290 e. The van der Waals surface area contributed by atoms with Crippen molar-refractivity contribution in [3.05, 3.63) is 84.3 Å². The van der Waals surface area contributed by atoms with Gasteiger partial charge in [0.25, 0.3) is 10.0 Å². The molecule has 0 saturated heterocycles. The molecule has 2 aromatic carbocycles. The lowest BCUT2D eigenvalue weighted by molar-refractivity contribution is 0.466. The Morgan fingerprint density at radius 1 is 1.00 bits per heavy atom. The fourth-order valence-corrected chi connectivity index (χ4v) is 4.27. The number of hydrogen-bond donors (Lipinski definition) is 1. The highest BCUT2D eigenvalue weighted by molar-refractivity contribution is 7.92. The Balaban J connectivity index is 1.66. The van der Waals surface area contributed by atoms with Crippen LogP contribution in [0.4, 0.5) is 16.0 Å². The number of nitrogens with one attached hydrogen (secondary N) is 1. The summed E-state index contributed by atoms with van der Waals surface area (Å²) >= 11 is 0. The van der Waals surface area contributed by atoms with E-state index in [2.05, 4.69) is 10.3 Å². The molecule has 30 heavy (non-hydrogen) atoms. The second kappa shape index (κ2) is 7.79. The van der Waals surface area contributed by atoms with Crippen molar-refractivity contribution in [2.45, 2.75) is 24.8 Å². The second-order valence-corrected chi connectivity index (χ2v) is 8.63. The summed E-state index contributed by atoms with van der Waals surface area (Å²) in [5.41, 5.74) is 0.372. The van der Waals surface area contributed by atoms with E-state index < -0.39 is 10.0 Å². The van der Waals surface area contributed by atoms with Gasteiger partial charge in [0.15, 0.2) is 0 Å². The Labute approximate surface area is 174 Å². The van der Waals surface area contributed by atoms with Gasteiger partial charge in [-0.1, -0.05) is 33.3 Å². The molecule has 4 aromatic rings. The largest absolute Gasteiger partial charge is 0.464 e. The van der Waals surface area contributed by atoms with Gasteiger partial charge in [0.05, 0.1) is 22.1 Å². The van der Waals surface area contributed by atoms with Gasteiger partial charge in [0.2, 0.25) is 0 Å². The molecule has 0 spiro atoms. The Kier molecular flexibility index (Phi) is 5.17. The third-order valence-corrected chi connectivity index (χ3v) is 6.19. The molecular weight excluding hydrogens is 405 g/mol. The molecule has 8 heteroatoms. The van der Waals surface area contributed by atoms with Gasteiger partial charge in [-0.3, -0.25) is 0 Å². The molecule has 0 aliphatic heterocycles. The molecule has 1 unspecified atom stereocenters. The van der Waals surface area contributed by atoms with E-state index in [4.69, 9.17) is 4.42 Å². The van der Waals surface area contributed by atoms with Gasteiger partial charge in [0, 0.05) is 5.39 Å². The zero-order chi connectivity index (χ0) is 21.3. The van der Waals surface area contributed by atoms with Gasteiger partial charge < -0.3 is 9.73 Å². The van der Waals surface area contributed by atoms with Gasteiger partial charge in [-0.2, -0.15) is 8.42 Å². The van der Waals surface area contributed by atoms with Crippen LogP contribution in [-0.4, -0.2) is 13.4 Å². The fraction of sp³-hybridized carbons (Fsp3) is 0.136. The molecule has 2 heterocycles. The Morgan fingerprint density at radius 2 is 1.77 bits per heavy atom. The molecule has 6 nitrogen and oxygen atoms in total. The molecular formula is C22H20FN3O3S. The maximum absolute atomic E-state index is 15.1. The first kappa shape index (κ1) is 19.9. The average Bonchev–Trinajstić information content (AvgIpc) is 3.19. The number of hydrogen-bond acceptors (Lipinski definition) is 5. The number of nitrogens with zero attached hydrogens (tertiary/aromatic N) is 2. The summed E-state index contributed by atoms with van der Waals surface area (Å²) < 4.78 is 45.8. The summed E-state index contributed by atoms with van der Waals surface area (Å²) in [6, 6.07) is 19.1. The van der Waals surface area contributed by atoms with Crippen LogP contribution in [0.2, 0.25) is 0 Å². The number of furan rings is 1. The number of pyridine rings is 1. The molecule has 0 amide bonds. The minimum Gasteiger partial charge on any atom is -0.464 e. The standard InChI is InChI=1S/C22H20FN3O3S/c1-15-11-13-21(29-15)16(2)24-22-14-12-18-19(25-22)9-6-10-20(18)26(23)30(27,28)17-7-4-3-5-8-17/h3-14,16H,1-2H3,(H,24,25). The van der Waals surface area contributed by atoms with Crippen molar-refractivity contribution in [1.82, 2.24) is 4.98 Å². The second-order valence-electron chi connectivity index (χ2n) is 6.89. The first-order chi connectivity index (χ1) is 14.4. The van der Waals surface area contributed by atoms with Crippen LogP contribution in [0.15, 0.2) is 82.1 Å². The molecule has 0 saturated carbocycles. The smallest absolute Gasteiger partial charge is 0.290 e. The Morgan fingerprint density at radius 3 is 2.47 bits per heavy atom. The summed E-state index contributed by atoms with van der Waals surface area (Å²) in [4.78, 5) is 4.38. The fourth-order valence-electron chi connectivity index (χ4n) is 3.17. The number of anilines is 2. The highest BCUT2D eigenvalue weighted by Crippen LogP contribution is 2.32. The molecule has 154 valence electrons. The summed E-state index contributed by atoms with van der Waals surface area (Å²) in [5, 5.41) is 3.62. The average molecular weight is 425 g/mol. The molecule has 4 rings (SSSR count). The first-order valence-electron chi connectivity index (χ1n) is 9.35. The molecule has 2 aromatic heterocycles. The predicted molar refractivity (Wildman–Crippen MR) is 114 cm³/mol. The third-order valence-electron chi connectivity index (χ3n) is 4.70. The Hall–Kier alpha value is -3.39. The van der Waals surface area contributed by atoms with Crippen LogP contribution in [0, 0.1) is 6.92 Å². The van der Waals surface area contributed by atoms with Crippen molar-refractivity contribution in [3.8, 4) is 0 Å². The van der Waals surface area contributed by atoms with Crippen molar-refractivity contribution < 1.29 is 17.3 Å². The lowest BCUT2D eigenvalue weighted by Crippen LogP contribution is -2.22. The van der Waals surface area contributed by atoms with Gasteiger partial charge in [-0.15, -0.1) is 0 Å². The summed E-state index contributed by atoms with van der Waals surface area (Å²) in [7, 11) is -4.34. The van der Waals surface area contributed by atoms with Gasteiger partial charge in [-0.05, 0) is 62.4 Å². The maximum atomic E-state index is 15.1. The van der Waals surface area contributed by atoms with E-state index in [1.165, 1.54) is 18.2 Å². The number of aromatic nitrogens is 1. The molecule has 0 aliphatic rings. The first-order valence-corrected chi connectivity index (χ1v) is 10.8. The van der Waals surface area contributed by atoms with Crippen molar-refractivity contribution in [2.24, 2.45) is 0 Å². The van der Waals surface area contributed by atoms with E-state index in [0.29, 0.717) is 16.7 Å². The normalized spacial score (nSPS) is 12.6. The van der Waals surface area contributed by atoms with Gasteiger partial charge >= 0.3 is 0 Å². The number of aryl methyl sites for hydroxylation is 1. The molecule has 0 fully saturated rings. The van der Waals surface area contributed by atoms with Crippen LogP contribution in [0.3, 0.4) is 0 Å². The van der Waals surface area contributed by atoms with Crippen molar-refractivity contribution >= 4 is 32.4 Å². The number of rotatable bonds is 6. The van der Waals surface area contributed by atoms with Crippen LogP contribution in [0.1, 0.15) is 24.5 Å². The predicted octanol–water partition coefficient (Wildman–Crippen LogP) is 5.39. The van der Waals surface area contributed by atoms with Gasteiger partial charge in [0.1, 0.15) is 17.3 Å². The van der Waals surface area contributed by atoms with E-state index in [1.54, 1.807) is 42.5 Å². The van der Waals surface area contributed by atoms with Crippen molar-refractivity contribution in [3.63, 3.8) is 0 Å². The van der Waals surface area contributed by atoms with E-state index in [0.717, 1.165) is 11.5 Å². The van der Waals surface area contributed by atoms with E-state index in [1.807, 2.05) is 26.0 Å².